The normalized spacial score (nSPS) is 15.1. The van der Waals surface area contributed by atoms with E-state index in [1.807, 2.05) is 12.1 Å². The molecular formula is C26H27N3O4S. The smallest absolute Gasteiger partial charge is 0.255 e. The summed E-state index contributed by atoms with van der Waals surface area (Å²) in [4.78, 5) is 26.6. The van der Waals surface area contributed by atoms with Crippen LogP contribution in [0, 0.1) is 0 Å². The highest BCUT2D eigenvalue weighted by atomic mass is 32.2. The van der Waals surface area contributed by atoms with E-state index in [2.05, 4.69) is 10.2 Å². The van der Waals surface area contributed by atoms with Crippen LogP contribution in [0.1, 0.15) is 33.2 Å². The highest BCUT2D eigenvalue weighted by Crippen LogP contribution is 2.19. The van der Waals surface area contributed by atoms with E-state index in [0.29, 0.717) is 54.4 Å². The van der Waals surface area contributed by atoms with Crippen molar-refractivity contribution in [2.24, 2.45) is 0 Å². The molecule has 7 nitrogen and oxygen atoms in total. The van der Waals surface area contributed by atoms with Gasteiger partial charge in [-0.3, -0.25) is 14.5 Å². The van der Waals surface area contributed by atoms with Gasteiger partial charge in [0.25, 0.3) is 5.91 Å². The van der Waals surface area contributed by atoms with Crippen molar-refractivity contribution in [1.82, 2.24) is 9.21 Å². The molecule has 0 radical (unpaired) electrons. The predicted octanol–water partition coefficient (Wildman–Crippen LogP) is 3.65. The number of sulfonamides is 1. The number of nitrogens with zero attached hydrogens (tertiary/aromatic N) is 2. The van der Waals surface area contributed by atoms with E-state index in [1.165, 1.54) is 11.2 Å². The fourth-order valence-electron chi connectivity index (χ4n) is 3.91. The molecule has 1 saturated heterocycles. The molecule has 1 N–H and O–H groups in total. The fourth-order valence-corrected chi connectivity index (χ4v) is 5.35. The van der Waals surface area contributed by atoms with Gasteiger partial charge in [-0.05, 0) is 48.9 Å². The first-order chi connectivity index (χ1) is 16.3. The SMILES string of the molecule is CC(=O)c1cccc(NC(=O)c2ccc(CN3CCN(S(=O)(=O)c4ccccc4)CC3)cc2)c1. The van der Waals surface area contributed by atoms with Crippen LogP contribution >= 0.6 is 0 Å². The van der Waals surface area contributed by atoms with Crippen LogP contribution < -0.4 is 5.32 Å². The Balaban J connectivity index is 1.32. The molecule has 1 heterocycles. The van der Waals surface area contributed by atoms with Crippen molar-refractivity contribution in [1.29, 1.82) is 0 Å². The first kappa shape index (κ1) is 23.8. The van der Waals surface area contributed by atoms with Crippen molar-refractivity contribution < 1.29 is 18.0 Å². The molecule has 0 aromatic heterocycles. The van der Waals surface area contributed by atoms with E-state index in [9.17, 15) is 18.0 Å². The van der Waals surface area contributed by atoms with E-state index < -0.39 is 10.0 Å². The Labute approximate surface area is 200 Å². The number of piperazine rings is 1. The first-order valence-corrected chi connectivity index (χ1v) is 12.6. The molecule has 34 heavy (non-hydrogen) atoms. The number of Topliss-reactive ketones (excluding diaryl/α,β-unsaturated/α-hetero) is 1. The van der Waals surface area contributed by atoms with Crippen LogP contribution in [0.3, 0.4) is 0 Å². The number of anilines is 1. The minimum absolute atomic E-state index is 0.0565. The van der Waals surface area contributed by atoms with Gasteiger partial charge >= 0.3 is 0 Å². The van der Waals surface area contributed by atoms with Crippen LogP contribution in [-0.4, -0.2) is 55.5 Å². The summed E-state index contributed by atoms with van der Waals surface area (Å²) in [5, 5.41) is 2.82. The zero-order valence-corrected chi connectivity index (χ0v) is 19.8. The van der Waals surface area contributed by atoms with Crippen molar-refractivity contribution in [2.45, 2.75) is 18.4 Å². The van der Waals surface area contributed by atoms with Crippen molar-refractivity contribution >= 4 is 27.4 Å². The summed E-state index contributed by atoms with van der Waals surface area (Å²) in [7, 11) is -3.46. The molecule has 1 aliphatic heterocycles. The standard InChI is InChI=1S/C26H27N3O4S/c1-20(30)23-6-5-7-24(18-23)27-26(31)22-12-10-21(11-13-22)19-28-14-16-29(17-15-28)34(32,33)25-8-3-2-4-9-25/h2-13,18H,14-17,19H2,1H3,(H,27,31). The van der Waals surface area contributed by atoms with Gasteiger partial charge < -0.3 is 5.32 Å². The van der Waals surface area contributed by atoms with E-state index in [-0.39, 0.29) is 11.7 Å². The van der Waals surface area contributed by atoms with Gasteiger partial charge in [0.15, 0.2) is 5.78 Å². The maximum atomic E-state index is 12.8. The van der Waals surface area contributed by atoms with E-state index in [4.69, 9.17) is 0 Å². The average Bonchev–Trinajstić information content (AvgIpc) is 2.85. The van der Waals surface area contributed by atoms with Crippen molar-refractivity contribution in [3.05, 3.63) is 95.6 Å². The summed E-state index contributed by atoms with van der Waals surface area (Å²) >= 11 is 0. The van der Waals surface area contributed by atoms with Gasteiger partial charge in [0.1, 0.15) is 0 Å². The summed E-state index contributed by atoms with van der Waals surface area (Å²) in [5.74, 6) is -0.300. The lowest BCUT2D eigenvalue weighted by molar-refractivity contribution is 0.101. The van der Waals surface area contributed by atoms with Crippen molar-refractivity contribution in [3.63, 3.8) is 0 Å². The van der Waals surface area contributed by atoms with Crippen LogP contribution in [-0.2, 0) is 16.6 Å². The molecule has 8 heteroatoms. The van der Waals surface area contributed by atoms with E-state index in [0.717, 1.165) is 5.56 Å². The van der Waals surface area contributed by atoms with Crippen molar-refractivity contribution in [2.75, 3.05) is 31.5 Å². The van der Waals surface area contributed by atoms with E-state index in [1.54, 1.807) is 66.7 Å². The van der Waals surface area contributed by atoms with Gasteiger partial charge in [-0.15, -0.1) is 0 Å². The Bertz CT molecular complexity index is 1270. The molecule has 0 spiro atoms. The Hall–Kier alpha value is -3.33. The summed E-state index contributed by atoms with van der Waals surface area (Å²) in [6.45, 7) is 4.33. The van der Waals surface area contributed by atoms with Crippen LogP contribution in [0.5, 0.6) is 0 Å². The second-order valence-corrected chi connectivity index (χ2v) is 10.2. The highest BCUT2D eigenvalue weighted by molar-refractivity contribution is 7.89. The zero-order valence-electron chi connectivity index (χ0n) is 19.0. The topological polar surface area (TPSA) is 86.8 Å². The second kappa shape index (κ2) is 10.3. The lowest BCUT2D eigenvalue weighted by Gasteiger charge is -2.34. The van der Waals surface area contributed by atoms with Gasteiger partial charge in [-0.2, -0.15) is 4.31 Å². The number of hydrogen-bond acceptors (Lipinski definition) is 5. The number of carbonyl (C=O) groups excluding carboxylic acids is 2. The van der Waals surface area contributed by atoms with Crippen molar-refractivity contribution in [3.8, 4) is 0 Å². The number of amides is 1. The number of ketones is 1. The van der Waals surface area contributed by atoms with Gasteiger partial charge in [0.2, 0.25) is 10.0 Å². The number of benzene rings is 3. The third-order valence-electron chi connectivity index (χ3n) is 5.86. The summed E-state index contributed by atoms with van der Waals surface area (Å²) < 4.78 is 27.1. The Kier molecular flexibility index (Phi) is 7.21. The number of rotatable bonds is 7. The molecule has 0 atom stereocenters. The highest BCUT2D eigenvalue weighted by Gasteiger charge is 2.28. The number of carbonyl (C=O) groups is 2. The van der Waals surface area contributed by atoms with Gasteiger partial charge in [-0.25, -0.2) is 8.42 Å². The maximum Gasteiger partial charge on any atom is 0.255 e. The zero-order chi connectivity index (χ0) is 24.1. The largest absolute Gasteiger partial charge is 0.322 e. The van der Waals surface area contributed by atoms with Gasteiger partial charge in [0, 0.05) is 49.5 Å². The minimum Gasteiger partial charge on any atom is -0.322 e. The monoisotopic (exact) mass is 477 g/mol. The number of hydrogen-bond donors (Lipinski definition) is 1. The van der Waals surface area contributed by atoms with Gasteiger partial charge in [0.05, 0.1) is 4.90 Å². The molecule has 176 valence electrons. The Morgan fingerprint density at radius 2 is 1.50 bits per heavy atom. The number of nitrogens with one attached hydrogen (secondary N) is 1. The first-order valence-electron chi connectivity index (χ1n) is 11.1. The third-order valence-corrected chi connectivity index (χ3v) is 7.77. The molecule has 3 aromatic rings. The van der Waals surface area contributed by atoms with E-state index >= 15 is 0 Å². The molecule has 4 rings (SSSR count). The average molecular weight is 478 g/mol. The molecule has 1 amide bonds. The molecule has 0 bridgehead atoms. The molecular weight excluding hydrogens is 450 g/mol. The second-order valence-electron chi connectivity index (χ2n) is 8.28. The molecule has 1 aliphatic rings. The third kappa shape index (κ3) is 5.59. The molecule has 0 saturated carbocycles. The van der Waals surface area contributed by atoms with Crippen LogP contribution in [0.25, 0.3) is 0 Å². The molecule has 1 fully saturated rings. The fraction of sp³-hybridized carbons (Fsp3) is 0.231. The Morgan fingerprint density at radius 1 is 0.824 bits per heavy atom. The molecule has 3 aromatic carbocycles. The maximum absolute atomic E-state index is 12.8. The molecule has 0 unspecified atom stereocenters. The van der Waals surface area contributed by atoms with Crippen LogP contribution in [0.4, 0.5) is 5.69 Å². The minimum atomic E-state index is -3.46. The van der Waals surface area contributed by atoms with Gasteiger partial charge in [-0.1, -0.05) is 42.5 Å². The van der Waals surface area contributed by atoms with Crippen LogP contribution in [0.2, 0.25) is 0 Å². The summed E-state index contributed by atoms with van der Waals surface area (Å²) in [6.07, 6.45) is 0. The lowest BCUT2D eigenvalue weighted by atomic mass is 10.1. The molecule has 0 aliphatic carbocycles. The lowest BCUT2D eigenvalue weighted by Crippen LogP contribution is -2.48. The quantitative estimate of drug-likeness (QED) is 0.525. The van der Waals surface area contributed by atoms with Crippen LogP contribution in [0.15, 0.2) is 83.8 Å². The Morgan fingerprint density at radius 3 is 2.15 bits per heavy atom. The predicted molar refractivity (Wildman–Crippen MR) is 131 cm³/mol. The summed E-state index contributed by atoms with van der Waals surface area (Å²) in [6, 6.07) is 22.7. The summed E-state index contributed by atoms with van der Waals surface area (Å²) in [5.41, 5.74) is 2.69.